The van der Waals surface area contributed by atoms with Crippen LogP contribution in [-0.2, 0) is 49.3 Å². The van der Waals surface area contributed by atoms with E-state index in [1.807, 2.05) is 30.0 Å². The van der Waals surface area contributed by atoms with Crippen LogP contribution in [-0.4, -0.2) is 71.7 Å². The third-order valence-electron chi connectivity index (χ3n) is 9.47. The minimum Gasteiger partial charge on any atom is -0.302 e. The van der Waals surface area contributed by atoms with E-state index < -0.39 is 10.1 Å². The first-order chi connectivity index (χ1) is 21.4. The number of hydrogen-bond acceptors (Lipinski definition) is 8. The van der Waals surface area contributed by atoms with Gasteiger partial charge in [0, 0.05) is 81.9 Å². The number of rotatable bonds is 10. The van der Waals surface area contributed by atoms with Gasteiger partial charge in [-0.2, -0.15) is 8.42 Å². The second kappa shape index (κ2) is 12.3. The lowest BCUT2D eigenvalue weighted by atomic mass is 9.95. The molecular weight excluding hydrogens is 590 g/mol. The van der Waals surface area contributed by atoms with Crippen LogP contribution in [0.4, 0.5) is 0 Å². The van der Waals surface area contributed by atoms with Crippen molar-refractivity contribution in [2.75, 3.05) is 26.7 Å². The molecule has 3 aliphatic rings. The maximum absolute atomic E-state index is 13.3. The van der Waals surface area contributed by atoms with Gasteiger partial charge in [-0.15, -0.1) is 0 Å². The molecule has 0 fully saturated rings. The highest BCUT2D eigenvalue weighted by atomic mass is 32.2. The van der Waals surface area contributed by atoms with E-state index in [0.717, 1.165) is 42.7 Å². The second-order valence-corrected chi connectivity index (χ2v) is 14.2. The molecular formula is C35H39N3O6S. The maximum atomic E-state index is 13.3. The summed E-state index contributed by atoms with van der Waals surface area (Å²) in [6, 6.07) is 12.9. The van der Waals surface area contributed by atoms with E-state index in [1.54, 1.807) is 6.07 Å². The number of fused-ring (bicyclic) bond motifs is 3. The Labute approximate surface area is 264 Å². The van der Waals surface area contributed by atoms with Crippen molar-refractivity contribution in [3.05, 3.63) is 98.1 Å². The highest BCUT2D eigenvalue weighted by Gasteiger charge is 2.29. The van der Waals surface area contributed by atoms with E-state index in [4.69, 9.17) is 0 Å². The van der Waals surface area contributed by atoms with Crippen LogP contribution < -0.4 is 0 Å². The van der Waals surface area contributed by atoms with Gasteiger partial charge >= 0.3 is 0 Å². The van der Waals surface area contributed by atoms with Gasteiger partial charge in [0.15, 0.2) is 17.3 Å². The maximum Gasteiger partial charge on any atom is 0.294 e. The van der Waals surface area contributed by atoms with Crippen LogP contribution in [0.3, 0.4) is 0 Å². The lowest BCUT2D eigenvalue weighted by molar-refractivity contribution is 0.0956. The zero-order valence-electron chi connectivity index (χ0n) is 26.1. The fraction of sp³-hybridized carbons (Fsp3) is 0.400. The van der Waals surface area contributed by atoms with Crippen LogP contribution in [0, 0.1) is 6.92 Å². The monoisotopic (exact) mass is 629 g/mol. The number of carbonyl (C=O) groups excluding carboxylic acids is 3. The summed E-state index contributed by atoms with van der Waals surface area (Å²) in [7, 11) is -2.38. The number of Topliss-reactive ketones (excluding diaryl/α,β-unsaturated/α-hetero) is 3. The van der Waals surface area contributed by atoms with Crippen molar-refractivity contribution in [3.63, 3.8) is 0 Å². The van der Waals surface area contributed by atoms with Crippen molar-refractivity contribution in [2.24, 2.45) is 0 Å². The van der Waals surface area contributed by atoms with Gasteiger partial charge in [0.05, 0.1) is 4.90 Å². The summed E-state index contributed by atoms with van der Waals surface area (Å²) in [5.74, 6) is -0.120. The molecule has 10 heteroatoms. The fourth-order valence-electron chi connectivity index (χ4n) is 6.91. The molecule has 0 saturated heterocycles. The van der Waals surface area contributed by atoms with Gasteiger partial charge < -0.3 is 4.90 Å². The Morgan fingerprint density at radius 3 is 2.00 bits per heavy atom. The molecule has 3 aromatic rings. The summed E-state index contributed by atoms with van der Waals surface area (Å²) >= 11 is 0. The molecule has 1 N–H and O–H groups in total. The fourth-order valence-corrected chi connectivity index (χ4v) is 7.69. The molecule has 0 saturated carbocycles. The first-order valence-corrected chi connectivity index (χ1v) is 16.9. The van der Waals surface area contributed by atoms with Gasteiger partial charge in [-0.3, -0.25) is 28.7 Å². The highest BCUT2D eigenvalue weighted by Crippen LogP contribution is 2.32. The standard InChI is InChI=1S/C35H39N3O6S/c1-22-12-28(34(41)8-11-38-19-30-14-27(23(2)39)16-35(32(30)21-38)45(42,43)44)15-29-18-37(20-31(22)29)10-7-33(40)25-4-5-26-17-36(3)9-6-24(26)13-25/h4-5,12-16H,6-11,17-21H2,1-3H3,(H,42,43,44). The Hall–Kier alpha value is -3.54. The number of carbonyl (C=O) groups is 3. The average molecular weight is 630 g/mol. The number of ketones is 3. The Morgan fingerprint density at radius 2 is 1.33 bits per heavy atom. The van der Waals surface area contributed by atoms with E-state index in [2.05, 4.69) is 29.0 Å². The largest absolute Gasteiger partial charge is 0.302 e. The van der Waals surface area contributed by atoms with E-state index in [0.29, 0.717) is 49.3 Å². The Bertz CT molecular complexity index is 1830. The third-order valence-corrected chi connectivity index (χ3v) is 10.4. The zero-order valence-corrected chi connectivity index (χ0v) is 26.9. The molecule has 3 aliphatic heterocycles. The topological polar surface area (TPSA) is 115 Å². The molecule has 0 unspecified atom stereocenters. The van der Waals surface area contributed by atoms with Crippen LogP contribution in [0.5, 0.6) is 0 Å². The number of hydrogen-bond donors (Lipinski definition) is 1. The summed E-state index contributed by atoms with van der Waals surface area (Å²) < 4.78 is 33.8. The first-order valence-electron chi connectivity index (χ1n) is 15.4. The molecule has 6 rings (SSSR count). The van der Waals surface area contributed by atoms with Crippen molar-refractivity contribution in [1.82, 2.24) is 14.7 Å². The Balaban J connectivity index is 1.05. The van der Waals surface area contributed by atoms with Gasteiger partial charge in [0.1, 0.15) is 0 Å². The first kappa shape index (κ1) is 31.4. The smallest absolute Gasteiger partial charge is 0.294 e. The van der Waals surface area contributed by atoms with Crippen LogP contribution >= 0.6 is 0 Å². The van der Waals surface area contributed by atoms with Crippen LogP contribution in [0.2, 0.25) is 0 Å². The molecule has 0 spiro atoms. The van der Waals surface area contributed by atoms with Crippen molar-refractivity contribution in [1.29, 1.82) is 0 Å². The van der Waals surface area contributed by atoms with Crippen molar-refractivity contribution in [3.8, 4) is 0 Å². The number of likely N-dealkylation sites (N-methyl/N-ethyl adjacent to an activating group) is 1. The summed E-state index contributed by atoms with van der Waals surface area (Å²) in [5, 5.41) is 0. The van der Waals surface area contributed by atoms with Gasteiger partial charge in [-0.1, -0.05) is 12.1 Å². The van der Waals surface area contributed by atoms with Crippen molar-refractivity contribution in [2.45, 2.75) is 70.7 Å². The molecule has 0 aromatic heterocycles. The Kier molecular flexibility index (Phi) is 8.62. The minimum absolute atomic E-state index is 0.00326. The molecule has 3 heterocycles. The van der Waals surface area contributed by atoms with E-state index in [1.165, 1.54) is 29.7 Å². The van der Waals surface area contributed by atoms with Crippen LogP contribution in [0.1, 0.15) is 89.8 Å². The van der Waals surface area contributed by atoms with Gasteiger partial charge in [0.2, 0.25) is 0 Å². The summed E-state index contributed by atoms with van der Waals surface area (Å²) in [6.07, 6.45) is 1.67. The predicted molar refractivity (Wildman–Crippen MR) is 170 cm³/mol. The molecule has 0 amide bonds. The van der Waals surface area contributed by atoms with Crippen LogP contribution in [0.25, 0.3) is 0 Å². The molecule has 3 aromatic carbocycles. The quantitative estimate of drug-likeness (QED) is 0.254. The molecule has 236 valence electrons. The molecule has 45 heavy (non-hydrogen) atoms. The predicted octanol–water partition coefficient (Wildman–Crippen LogP) is 4.61. The normalized spacial score (nSPS) is 16.8. The van der Waals surface area contributed by atoms with E-state index >= 15 is 0 Å². The molecule has 0 aliphatic carbocycles. The van der Waals surface area contributed by atoms with Crippen molar-refractivity contribution < 1.29 is 27.4 Å². The van der Waals surface area contributed by atoms with E-state index in [9.17, 15) is 27.4 Å². The molecule has 0 atom stereocenters. The van der Waals surface area contributed by atoms with E-state index in [-0.39, 0.29) is 40.8 Å². The average Bonchev–Trinajstić information content (AvgIpc) is 3.61. The second-order valence-electron chi connectivity index (χ2n) is 12.8. The van der Waals surface area contributed by atoms with Gasteiger partial charge in [-0.25, -0.2) is 0 Å². The SMILES string of the molecule is CC(=O)c1cc2c(c(S(=O)(=O)O)c1)CN(CCC(=O)c1cc(C)c3c(c1)CN(CCC(=O)c1ccc4c(c1)CCN(C)C4)C3)C2. The third kappa shape index (κ3) is 6.71. The minimum atomic E-state index is -4.50. The van der Waals surface area contributed by atoms with Crippen molar-refractivity contribution >= 4 is 27.5 Å². The lowest BCUT2D eigenvalue weighted by Gasteiger charge is -2.25. The van der Waals surface area contributed by atoms with Crippen LogP contribution in [0.15, 0.2) is 47.4 Å². The number of nitrogens with zero attached hydrogens (tertiary/aromatic N) is 3. The molecule has 9 nitrogen and oxygen atoms in total. The summed E-state index contributed by atoms with van der Waals surface area (Å²) in [4.78, 5) is 44.6. The summed E-state index contributed by atoms with van der Waals surface area (Å²) in [5.41, 5.74) is 8.79. The highest BCUT2D eigenvalue weighted by molar-refractivity contribution is 7.85. The Morgan fingerprint density at radius 1 is 0.733 bits per heavy atom. The summed E-state index contributed by atoms with van der Waals surface area (Å²) in [6.45, 7) is 8.49. The molecule has 0 radical (unpaired) electrons. The zero-order chi connectivity index (χ0) is 32.0. The number of aryl methyl sites for hydroxylation is 1. The van der Waals surface area contributed by atoms with Gasteiger partial charge in [-0.05, 0) is 96.6 Å². The number of benzene rings is 3. The lowest BCUT2D eigenvalue weighted by Crippen LogP contribution is -2.26. The van der Waals surface area contributed by atoms with Gasteiger partial charge in [0.25, 0.3) is 10.1 Å². The molecule has 0 bridgehead atoms.